The lowest BCUT2D eigenvalue weighted by molar-refractivity contribution is -0.148. The molecule has 8 heteroatoms. The van der Waals surface area contributed by atoms with Crippen molar-refractivity contribution in [2.75, 3.05) is 18.5 Å². The van der Waals surface area contributed by atoms with Crippen LogP contribution in [0.3, 0.4) is 0 Å². The van der Waals surface area contributed by atoms with E-state index < -0.39 is 5.91 Å². The van der Waals surface area contributed by atoms with E-state index in [-0.39, 0.29) is 30.9 Å². The Hall–Kier alpha value is -2.22. The number of rotatable bonds is 8. The molecule has 1 aliphatic carbocycles. The number of hydrogen-bond acceptors (Lipinski definition) is 7. The molecule has 1 atom stereocenters. The van der Waals surface area contributed by atoms with Crippen LogP contribution in [0, 0.1) is 5.92 Å². The van der Waals surface area contributed by atoms with Crippen molar-refractivity contribution in [3.63, 3.8) is 0 Å². The second-order valence-corrected chi connectivity index (χ2v) is 6.16. The maximum atomic E-state index is 11.8. The van der Waals surface area contributed by atoms with Crippen molar-refractivity contribution in [2.24, 2.45) is 5.92 Å². The van der Waals surface area contributed by atoms with Gasteiger partial charge in [0.2, 0.25) is 0 Å². The fraction of sp³-hybridized carbons (Fsp3) is 0.500. The number of carbonyl (C=O) groups is 3. The van der Waals surface area contributed by atoms with E-state index in [1.165, 1.54) is 11.3 Å². The summed E-state index contributed by atoms with van der Waals surface area (Å²) in [6.45, 7) is 1.70. The van der Waals surface area contributed by atoms with Gasteiger partial charge in [0.05, 0.1) is 25.1 Å². The van der Waals surface area contributed by atoms with E-state index in [9.17, 15) is 14.4 Å². The minimum absolute atomic E-state index is 0.0596. The van der Waals surface area contributed by atoms with Gasteiger partial charge in [0, 0.05) is 5.38 Å². The molecule has 2 rings (SSSR count). The fourth-order valence-electron chi connectivity index (χ4n) is 2.25. The molecule has 0 radical (unpaired) electrons. The molecule has 1 aliphatic rings. The molecule has 1 aromatic rings. The molecule has 0 saturated heterocycles. The summed E-state index contributed by atoms with van der Waals surface area (Å²) in [5, 5.41) is 4.57. The van der Waals surface area contributed by atoms with Gasteiger partial charge in [-0.15, -0.1) is 11.3 Å². The topological polar surface area (TPSA) is 94.6 Å². The number of aromatic nitrogens is 1. The third-order valence-electron chi connectivity index (χ3n) is 3.33. The predicted octanol–water partition coefficient (Wildman–Crippen LogP) is 2.09. The summed E-state index contributed by atoms with van der Waals surface area (Å²) in [6.07, 6.45) is 6.33. The van der Waals surface area contributed by atoms with Crippen molar-refractivity contribution in [2.45, 2.75) is 32.6 Å². The van der Waals surface area contributed by atoms with E-state index in [1.807, 2.05) is 12.2 Å². The van der Waals surface area contributed by atoms with E-state index in [1.54, 1.807) is 12.3 Å². The minimum atomic E-state index is -0.456. The van der Waals surface area contributed by atoms with Crippen LogP contribution in [-0.2, 0) is 30.3 Å². The molecule has 0 bridgehead atoms. The van der Waals surface area contributed by atoms with E-state index in [4.69, 9.17) is 9.47 Å². The number of anilines is 1. The summed E-state index contributed by atoms with van der Waals surface area (Å²) in [4.78, 5) is 38.9. The molecule has 1 heterocycles. The van der Waals surface area contributed by atoms with Gasteiger partial charge < -0.3 is 9.47 Å². The molecule has 0 aromatic carbocycles. The lowest BCUT2D eigenvalue weighted by atomic mass is 10.1. The molecular formula is C16H20N2O5S. The van der Waals surface area contributed by atoms with Crippen LogP contribution in [-0.4, -0.2) is 36.0 Å². The summed E-state index contributed by atoms with van der Waals surface area (Å²) < 4.78 is 9.79. The number of ether oxygens (including phenoxy) is 2. The Bertz CT molecular complexity index is 626. The average Bonchev–Trinajstić information content (AvgIpc) is 3.18. The molecule has 1 N–H and O–H groups in total. The first-order valence-corrected chi connectivity index (χ1v) is 8.67. The maximum Gasteiger partial charge on any atom is 0.311 e. The Kier molecular flexibility index (Phi) is 6.92. The molecule has 0 unspecified atom stereocenters. The first kappa shape index (κ1) is 18.1. The number of nitrogens with zero attached hydrogens (tertiary/aromatic N) is 1. The van der Waals surface area contributed by atoms with Crippen LogP contribution in [0.5, 0.6) is 0 Å². The van der Waals surface area contributed by atoms with Gasteiger partial charge in [-0.2, -0.15) is 0 Å². The van der Waals surface area contributed by atoms with Gasteiger partial charge in [0.15, 0.2) is 11.7 Å². The first-order valence-electron chi connectivity index (χ1n) is 7.79. The van der Waals surface area contributed by atoms with E-state index in [0.717, 1.165) is 12.8 Å². The number of esters is 2. The van der Waals surface area contributed by atoms with Crippen LogP contribution in [0.25, 0.3) is 0 Å². The lowest BCUT2D eigenvalue weighted by Gasteiger charge is -2.07. The van der Waals surface area contributed by atoms with E-state index in [2.05, 4.69) is 10.3 Å². The van der Waals surface area contributed by atoms with Crippen molar-refractivity contribution < 1.29 is 23.9 Å². The highest BCUT2D eigenvalue weighted by molar-refractivity contribution is 7.13. The fourth-order valence-corrected chi connectivity index (χ4v) is 2.97. The molecule has 0 spiro atoms. The van der Waals surface area contributed by atoms with Gasteiger partial charge in [0.1, 0.15) is 0 Å². The highest BCUT2D eigenvalue weighted by Crippen LogP contribution is 2.20. The molecule has 0 aliphatic heterocycles. The Balaban J connectivity index is 1.70. The Labute approximate surface area is 144 Å². The standard InChI is InChI=1S/C16H20N2O5S/c1-2-22-15(21)8-12-10-24-16(17-12)18-13(19)9-23-14(20)7-11-5-3-4-6-11/h3,5,10-11H,2,4,6-9H2,1H3,(H,17,18,19)/t11-/m0/s1. The van der Waals surface area contributed by atoms with Crippen LogP contribution in [0.15, 0.2) is 17.5 Å². The Morgan fingerprint density at radius 1 is 1.33 bits per heavy atom. The lowest BCUT2D eigenvalue weighted by Crippen LogP contribution is -2.21. The van der Waals surface area contributed by atoms with Crippen LogP contribution in [0.4, 0.5) is 5.13 Å². The van der Waals surface area contributed by atoms with Crippen molar-refractivity contribution in [1.82, 2.24) is 4.98 Å². The summed E-state index contributed by atoms with van der Waals surface area (Å²) in [6, 6.07) is 0. The first-order chi connectivity index (χ1) is 11.6. The highest BCUT2D eigenvalue weighted by atomic mass is 32.1. The zero-order valence-corrected chi connectivity index (χ0v) is 14.3. The second-order valence-electron chi connectivity index (χ2n) is 5.30. The van der Waals surface area contributed by atoms with Crippen molar-refractivity contribution >= 4 is 34.3 Å². The summed E-state index contributed by atoms with van der Waals surface area (Å²) in [7, 11) is 0. The number of thiazole rings is 1. The minimum Gasteiger partial charge on any atom is -0.466 e. The Morgan fingerprint density at radius 3 is 2.88 bits per heavy atom. The molecule has 0 saturated carbocycles. The van der Waals surface area contributed by atoms with E-state index in [0.29, 0.717) is 23.9 Å². The predicted molar refractivity (Wildman–Crippen MR) is 88.5 cm³/mol. The molecule has 24 heavy (non-hydrogen) atoms. The van der Waals surface area contributed by atoms with Crippen LogP contribution in [0.2, 0.25) is 0 Å². The van der Waals surface area contributed by atoms with Crippen molar-refractivity contribution in [3.05, 3.63) is 23.2 Å². The molecule has 1 aromatic heterocycles. The molecule has 0 fully saturated rings. The summed E-state index contributed by atoms with van der Waals surface area (Å²) in [5.74, 6) is -0.994. The number of hydrogen-bond donors (Lipinski definition) is 1. The molecular weight excluding hydrogens is 332 g/mol. The van der Waals surface area contributed by atoms with Gasteiger partial charge in [-0.05, 0) is 25.7 Å². The molecule has 130 valence electrons. The number of nitrogens with one attached hydrogen (secondary N) is 1. The van der Waals surface area contributed by atoms with Crippen molar-refractivity contribution in [1.29, 1.82) is 0 Å². The molecule has 7 nitrogen and oxygen atoms in total. The largest absolute Gasteiger partial charge is 0.466 e. The number of amides is 1. The zero-order valence-electron chi connectivity index (χ0n) is 13.4. The number of allylic oxidation sites excluding steroid dienone is 2. The third kappa shape index (κ3) is 6.11. The third-order valence-corrected chi connectivity index (χ3v) is 4.14. The van der Waals surface area contributed by atoms with Crippen LogP contribution >= 0.6 is 11.3 Å². The quantitative estimate of drug-likeness (QED) is 0.569. The van der Waals surface area contributed by atoms with Crippen LogP contribution < -0.4 is 5.32 Å². The van der Waals surface area contributed by atoms with Gasteiger partial charge in [-0.1, -0.05) is 12.2 Å². The zero-order chi connectivity index (χ0) is 17.4. The Morgan fingerprint density at radius 2 is 2.17 bits per heavy atom. The van der Waals surface area contributed by atoms with E-state index >= 15 is 0 Å². The number of carbonyl (C=O) groups excluding carboxylic acids is 3. The normalized spacial score (nSPS) is 16.0. The second kappa shape index (κ2) is 9.17. The SMILES string of the molecule is CCOC(=O)Cc1csc(NC(=O)COC(=O)C[C@H]2C=CCC2)n1. The van der Waals surface area contributed by atoms with Gasteiger partial charge in [0.25, 0.3) is 5.91 Å². The van der Waals surface area contributed by atoms with Gasteiger partial charge in [-0.25, -0.2) is 4.98 Å². The van der Waals surface area contributed by atoms with Gasteiger partial charge >= 0.3 is 11.9 Å². The maximum absolute atomic E-state index is 11.8. The molecule has 1 amide bonds. The highest BCUT2D eigenvalue weighted by Gasteiger charge is 2.16. The average molecular weight is 352 g/mol. The summed E-state index contributed by atoms with van der Waals surface area (Å²) >= 11 is 1.20. The van der Waals surface area contributed by atoms with Gasteiger partial charge in [-0.3, -0.25) is 19.7 Å². The summed E-state index contributed by atoms with van der Waals surface area (Å²) in [5.41, 5.74) is 0.527. The van der Waals surface area contributed by atoms with Crippen LogP contribution in [0.1, 0.15) is 31.9 Å². The smallest absolute Gasteiger partial charge is 0.311 e. The monoisotopic (exact) mass is 352 g/mol. The van der Waals surface area contributed by atoms with Crippen molar-refractivity contribution in [3.8, 4) is 0 Å².